The van der Waals surface area contributed by atoms with Gasteiger partial charge in [0.05, 0.1) is 5.56 Å². The minimum absolute atomic E-state index is 0.246. The third kappa shape index (κ3) is 4.74. The molecule has 30 heavy (non-hydrogen) atoms. The highest BCUT2D eigenvalue weighted by Crippen LogP contribution is 2.30. The minimum atomic E-state index is -4.41. The van der Waals surface area contributed by atoms with Crippen molar-refractivity contribution in [3.63, 3.8) is 0 Å². The smallest absolute Gasteiger partial charge is 0.354 e. The number of alkyl halides is 3. The van der Waals surface area contributed by atoms with E-state index in [4.69, 9.17) is 0 Å². The normalized spacial score (nSPS) is 15.5. The van der Waals surface area contributed by atoms with Crippen LogP contribution < -0.4 is 4.90 Å². The quantitative estimate of drug-likeness (QED) is 0.729. The lowest BCUT2D eigenvalue weighted by Gasteiger charge is -2.27. The summed E-state index contributed by atoms with van der Waals surface area (Å²) in [5.74, 6) is 1.66. The molecule has 0 atom stereocenters. The minimum Gasteiger partial charge on any atom is -0.354 e. The second-order valence-corrected chi connectivity index (χ2v) is 7.96. The summed E-state index contributed by atoms with van der Waals surface area (Å²) >= 11 is 0. The fourth-order valence-electron chi connectivity index (χ4n) is 3.94. The second-order valence-electron chi connectivity index (χ2n) is 7.96. The van der Waals surface area contributed by atoms with Crippen LogP contribution in [-0.4, -0.2) is 47.0 Å². The molecule has 1 amide bonds. The summed E-state index contributed by atoms with van der Waals surface area (Å²) in [4.78, 5) is 25.9. The van der Waals surface area contributed by atoms with Gasteiger partial charge in [0.1, 0.15) is 11.6 Å². The van der Waals surface area contributed by atoms with Crippen LogP contribution in [0.1, 0.15) is 59.2 Å². The van der Waals surface area contributed by atoms with Crippen LogP contribution in [0.15, 0.2) is 24.3 Å². The lowest BCUT2D eigenvalue weighted by atomic mass is 10.0. The van der Waals surface area contributed by atoms with Crippen molar-refractivity contribution in [2.45, 2.75) is 46.2 Å². The van der Waals surface area contributed by atoms with Gasteiger partial charge in [0.15, 0.2) is 0 Å². The predicted octanol–water partition coefficient (Wildman–Crippen LogP) is 4.59. The molecule has 1 aromatic heterocycles. The Bertz CT molecular complexity index is 910. The molecule has 1 saturated heterocycles. The average molecular weight is 420 g/mol. The Morgan fingerprint density at radius 2 is 1.67 bits per heavy atom. The molecule has 0 N–H and O–H groups in total. The third-order valence-electron chi connectivity index (χ3n) is 5.35. The average Bonchev–Trinajstić information content (AvgIpc) is 2.92. The number of hydrogen-bond donors (Lipinski definition) is 0. The number of carbonyl (C=O) groups is 1. The molecule has 0 aliphatic carbocycles. The van der Waals surface area contributed by atoms with Crippen LogP contribution >= 0.6 is 0 Å². The summed E-state index contributed by atoms with van der Waals surface area (Å²) in [5, 5.41) is 0. The molecule has 0 unspecified atom stereocenters. The molecule has 1 aliphatic rings. The van der Waals surface area contributed by atoms with Gasteiger partial charge >= 0.3 is 6.18 Å². The number of rotatable bonds is 3. The van der Waals surface area contributed by atoms with E-state index in [1.807, 2.05) is 13.8 Å². The first kappa shape index (κ1) is 22.1. The summed E-state index contributed by atoms with van der Waals surface area (Å²) < 4.78 is 38.3. The van der Waals surface area contributed by atoms with Gasteiger partial charge in [0.2, 0.25) is 0 Å². The predicted molar refractivity (Wildman–Crippen MR) is 110 cm³/mol. The molecule has 1 aliphatic heterocycles. The Labute approximate surface area is 174 Å². The summed E-state index contributed by atoms with van der Waals surface area (Å²) in [6, 6.07) is 4.42. The van der Waals surface area contributed by atoms with Crippen LogP contribution in [-0.2, 0) is 6.18 Å². The molecule has 1 fully saturated rings. The SMILES string of the molecule is Cc1nc(C)c(C(C)C)c(N2CCCN(C(=O)c3ccc(C(F)(F)F)cc3)CC2)n1. The summed E-state index contributed by atoms with van der Waals surface area (Å²) in [7, 11) is 0. The summed E-state index contributed by atoms with van der Waals surface area (Å²) in [6.45, 7) is 10.5. The Balaban J connectivity index is 1.76. The van der Waals surface area contributed by atoms with Crippen molar-refractivity contribution < 1.29 is 18.0 Å². The molecule has 2 aromatic rings. The first-order valence-corrected chi connectivity index (χ1v) is 10.1. The van der Waals surface area contributed by atoms with Crippen molar-refractivity contribution in [1.82, 2.24) is 14.9 Å². The Hall–Kier alpha value is -2.64. The topological polar surface area (TPSA) is 49.3 Å². The van der Waals surface area contributed by atoms with Gasteiger partial charge in [-0.15, -0.1) is 0 Å². The van der Waals surface area contributed by atoms with E-state index >= 15 is 0 Å². The summed E-state index contributed by atoms with van der Waals surface area (Å²) in [5.41, 5.74) is 1.60. The Kier molecular flexibility index (Phi) is 6.33. The highest BCUT2D eigenvalue weighted by Gasteiger charge is 2.31. The van der Waals surface area contributed by atoms with Crippen molar-refractivity contribution in [3.8, 4) is 0 Å². The zero-order valence-electron chi connectivity index (χ0n) is 17.8. The van der Waals surface area contributed by atoms with E-state index in [2.05, 4.69) is 28.7 Å². The second kappa shape index (κ2) is 8.62. The van der Waals surface area contributed by atoms with Crippen molar-refractivity contribution in [2.24, 2.45) is 0 Å². The standard InChI is InChI=1S/C22H27F3N4O/c1-14(2)19-15(3)26-16(4)27-20(19)28-10-5-11-29(13-12-28)21(30)17-6-8-18(9-7-17)22(23,24)25/h6-9,14H,5,10-13H2,1-4H3. The molecule has 0 radical (unpaired) electrons. The van der Waals surface area contributed by atoms with Gasteiger partial charge in [-0.1, -0.05) is 13.8 Å². The van der Waals surface area contributed by atoms with Crippen LogP contribution in [0.2, 0.25) is 0 Å². The molecule has 5 nitrogen and oxygen atoms in total. The maximum atomic E-state index is 12.8. The molecule has 0 bridgehead atoms. The van der Waals surface area contributed by atoms with Gasteiger partial charge in [-0.2, -0.15) is 13.2 Å². The lowest BCUT2D eigenvalue weighted by Crippen LogP contribution is -2.36. The number of halogens is 3. The number of benzene rings is 1. The van der Waals surface area contributed by atoms with Gasteiger partial charge in [-0.25, -0.2) is 9.97 Å². The third-order valence-corrected chi connectivity index (χ3v) is 5.35. The fourth-order valence-corrected chi connectivity index (χ4v) is 3.94. The van der Waals surface area contributed by atoms with E-state index in [0.717, 1.165) is 42.2 Å². The van der Waals surface area contributed by atoms with E-state index in [0.29, 0.717) is 25.5 Å². The van der Waals surface area contributed by atoms with Crippen LogP contribution in [0.4, 0.5) is 19.0 Å². The zero-order chi connectivity index (χ0) is 22.1. The van der Waals surface area contributed by atoms with Crippen LogP contribution in [0.5, 0.6) is 0 Å². The monoisotopic (exact) mass is 420 g/mol. The first-order valence-electron chi connectivity index (χ1n) is 10.1. The molecule has 8 heteroatoms. The van der Waals surface area contributed by atoms with E-state index in [1.165, 1.54) is 12.1 Å². The number of aryl methyl sites for hydroxylation is 2. The molecule has 2 heterocycles. The number of amides is 1. The molecule has 162 valence electrons. The largest absolute Gasteiger partial charge is 0.416 e. The molecule has 3 rings (SSSR count). The van der Waals surface area contributed by atoms with Gasteiger partial charge in [-0.3, -0.25) is 4.79 Å². The maximum absolute atomic E-state index is 12.8. The van der Waals surface area contributed by atoms with Gasteiger partial charge < -0.3 is 9.80 Å². The fraction of sp³-hybridized carbons (Fsp3) is 0.500. The molecule has 1 aromatic carbocycles. The van der Waals surface area contributed by atoms with Crippen molar-refractivity contribution >= 4 is 11.7 Å². The maximum Gasteiger partial charge on any atom is 0.416 e. The van der Waals surface area contributed by atoms with Crippen LogP contribution in [0, 0.1) is 13.8 Å². The first-order chi connectivity index (χ1) is 14.1. The molecular formula is C22H27F3N4O. The van der Waals surface area contributed by atoms with Crippen molar-refractivity contribution in [1.29, 1.82) is 0 Å². The molecule has 0 saturated carbocycles. The highest BCUT2D eigenvalue weighted by atomic mass is 19.4. The van der Waals surface area contributed by atoms with Crippen molar-refractivity contribution in [3.05, 3.63) is 52.5 Å². The lowest BCUT2D eigenvalue weighted by molar-refractivity contribution is -0.137. The summed E-state index contributed by atoms with van der Waals surface area (Å²) in [6.07, 6.45) is -3.65. The number of anilines is 1. The van der Waals surface area contributed by atoms with E-state index in [1.54, 1.807) is 4.90 Å². The number of aromatic nitrogens is 2. The zero-order valence-corrected chi connectivity index (χ0v) is 17.8. The van der Waals surface area contributed by atoms with Crippen LogP contribution in [0.3, 0.4) is 0 Å². The van der Waals surface area contributed by atoms with Crippen LogP contribution in [0.25, 0.3) is 0 Å². The molecule has 0 spiro atoms. The van der Waals surface area contributed by atoms with E-state index < -0.39 is 11.7 Å². The van der Waals surface area contributed by atoms with Crippen molar-refractivity contribution in [2.75, 3.05) is 31.1 Å². The number of hydrogen-bond acceptors (Lipinski definition) is 4. The Morgan fingerprint density at radius 3 is 2.27 bits per heavy atom. The van der Waals surface area contributed by atoms with Gasteiger partial charge in [-0.05, 0) is 50.5 Å². The van der Waals surface area contributed by atoms with Gasteiger partial charge in [0, 0.05) is 43.0 Å². The number of nitrogens with zero attached hydrogens (tertiary/aromatic N) is 4. The highest BCUT2D eigenvalue weighted by molar-refractivity contribution is 5.94. The van der Waals surface area contributed by atoms with E-state index in [9.17, 15) is 18.0 Å². The Morgan fingerprint density at radius 1 is 1.00 bits per heavy atom. The van der Waals surface area contributed by atoms with E-state index in [-0.39, 0.29) is 17.4 Å². The number of carbonyl (C=O) groups excluding carboxylic acids is 1. The molecular weight excluding hydrogens is 393 g/mol. The van der Waals surface area contributed by atoms with Gasteiger partial charge in [0.25, 0.3) is 5.91 Å².